The van der Waals surface area contributed by atoms with Crippen LogP contribution >= 0.6 is 0 Å². The molecule has 0 aliphatic carbocycles. The minimum absolute atomic E-state index is 0.0789. The molecule has 1 atom stereocenters. The second kappa shape index (κ2) is 5.62. The van der Waals surface area contributed by atoms with Gasteiger partial charge in [-0.1, -0.05) is 54.6 Å². The predicted molar refractivity (Wildman–Crippen MR) is 70.5 cm³/mol. The van der Waals surface area contributed by atoms with E-state index < -0.39 is 0 Å². The number of hydrogen-bond donors (Lipinski definition) is 2. The van der Waals surface area contributed by atoms with Gasteiger partial charge in [0.25, 0.3) is 0 Å². The summed E-state index contributed by atoms with van der Waals surface area (Å²) in [4.78, 5) is 0. The quantitative estimate of drug-likeness (QED) is 0.843. The lowest BCUT2D eigenvalue weighted by molar-refractivity contribution is 0.276. The second-order valence-corrected chi connectivity index (χ2v) is 4.11. The summed E-state index contributed by atoms with van der Waals surface area (Å²) in [6, 6.07) is 18.4. The first-order chi connectivity index (χ1) is 8.31. The highest BCUT2D eigenvalue weighted by Crippen LogP contribution is 2.21. The van der Waals surface area contributed by atoms with Crippen LogP contribution in [-0.2, 0) is 0 Å². The SMILES string of the molecule is N[C@@H](CCO)c1ccc(-c2ccccc2)cc1. The minimum Gasteiger partial charge on any atom is -0.396 e. The summed E-state index contributed by atoms with van der Waals surface area (Å²) in [7, 11) is 0. The molecule has 0 fully saturated rings. The van der Waals surface area contributed by atoms with Crippen molar-refractivity contribution in [1.29, 1.82) is 0 Å². The first kappa shape index (κ1) is 11.8. The molecule has 0 saturated heterocycles. The van der Waals surface area contributed by atoms with Gasteiger partial charge in [-0.25, -0.2) is 0 Å². The maximum atomic E-state index is 8.85. The van der Waals surface area contributed by atoms with Crippen LogP contribution in [0.3, 0.4) is 0 Å². The van der Waals surface area contributed by atoms with Gasteiger partial charge in [0.2, 0.25) is 0 Å². The van der Waals surface area contributed by atoms with Crippen LogP contribution in [-0.4, -0.2) is 11.7 Å². The molecule has 0 unspecified atom stereocenters. The van der Waals surface area contributed by atoms with Crippen LogP contribution in [0.15, 0.2) is 54.6 Å². The minimum atomic E-state index is -0.0789. The molecule has 2 heteroatoms. The maximum Gasteiger partial charge on any atom is 0.0449 e. The number of aliphatic hydroxyl groups is 1. The Morgan fingerprint density at radius 3 is 2.06 bits per heavy atom. The summed E-state index contributed by atoms with van der Waals surface area (Å²) >= 11 is 0. The van der Waals surface area contributed by atoms with Crippen molar-refractivity contribution in [2.45, 2.75) is 12.5 Å². The lowest BCUT2D eigenvalue weighted by atomic mass is 10.00. The predicted octanol–water partition coefficient (Wildman–Crippen LogP) is 2.74. The van der Waals surface area contributed by atoms with Gasteiger partial charge in [-0.05, 0) is 23.1 Å². The summed E-state index contributed by atoms with van der Waals surface area (Å²) in [5, 5.41) is 8.85. The Bertz CT molecular complexity index is 450. The normalized spacial score (nSPS) is 12.4. The molecule has 0 spiro atoms. The van der Waals surface area contributed by atoms with Gasteiger partial charge in [0.05, 0.1) is 0 Å². The fraction of sp³-hybridized carbons (Fsp3) is 0.200. The van der Waals surface area contributed by atoms with Crippen LogP contribution in [0.1, 0.15) is 18.0 Å². The van der Waals surface area contributed by atoms with Crippen LogP contribution in [0, 0.1) is 0 Å². The summed E-state index contributed by atoms with van der Waals surface area (Å²) in [5.74, 6) is 0. The molecule has 0 saturated carbocycles. The third-order valence-electron chi connectivity index (χ3n) is 2.89. The highest BCUT2D eigenvalue weighted by molar-refractivity contribution is 5.63. The van der Waals surface area contributed by atoms with Crippen molar-refractivity contribution >= 4 is 0 Å². The zero-order valence-corrected chi connectivity index (χ0v) is 9.71. The number of aliphatic hydroxyl groups excluding tert-OH is 1. The molecule has 2 nitrogen and oxygen atoms in total. The summed E-state index contributed by atoms with van der Waals surface area (Å²) in [6.45, 7) is 0.127. The van der Waals surface area contributed by atoms with E-state index in [0.29, 0.717) is 6.42 Å². The molecule has 2 rings (SSSR count). The molecule has 0 aliphatic rings. The first-order valence-electron chi connectivity index (χ1n) is 5.83. The van der Waals surface area contributed by atoms with Crippen molar-refractivity contribution in [3.8, 4) is 11.1 Å². The van der Waals surface area contributed by atoms with E-state index in [1.54, 1.807) is 0 Å². The van der Waals surface area contributed by atoms with E-state index in [-0.39, 0.29) is 12.6 Å². The monoisotopic (exact) mass is 227 g/mol. The van der Waals surface area contributed by atoms with E-state index in [9.17, 15) is 0 Å². The number of nitrogens with two attached hydrogens (primary N) is 1. The molecule has 0 amide bonds. The third kappa shape index (κ3) is 2.93. The molecular weight excluding hydrogens is 210 g/mol. The second-order valence-electron chi connectivity index (χ2n) is 4.11. The van der Waals surface area contributed by atoms with Gasteiger partial charge in [0.1, 0.15) is 0 Å². The Morgan fingerprint density at radius 2 is 1.47 bits per heavy atom. The van der Waals surface area contributed by atoms with Crippen molar-refractivity contribution in [2.24, 2.45) is 5.73 Å². The van der Waals surface area contributed by atoms with Crippen molar-refractivity contribution < 1.29 is 5.11 Å². The Morgan fingerprint density at radius 1 is 0.882 bits per heavy atom. The fourth-order valence-corrected chi connectivity index (χ4v) is 1.86. The van der Waals surface area contributed by atoms with E-state index in [0.717, 1.165) is 5.56 Å². The van der Waals surface area contributed by atoms with E-state index in [4.69, 9.17) is 10.8 Å². The number of benzene rings is 2. The average molecular weight is 227 g/mol. The Kier molecular flexibility index (Phi) is 3.91. The highest BCUT2D eigenvalue weighted by atomic mass is 16.3. The average Bonchev–Trinajstić information content (AvgIpc) is 2.40. The van der Waals surface area contributed by atoms with Gasteiger partial charge in [-0.3, -0.25) is 0 Å². The smallest absolute Gasteiger partial charge is 0.0449 e. The van der Waals surface area contributed by atoms with Crippen LogP contribution < -0.4 is 5.73 Å². The van der Waals surface area contributed by atoms with Crippen LogP contribution in [0.5, 0.6) is 0 Å². The molecule has 0 radical (unpaired) electrons. The first-order valence-corrected chi connectivity index (χ1v) is 5.83. The molecule has 17 heavy (non-hydrogen) atoms. The van der Waals surface area contributed by atoms with Gasteiger partial charge in [0.15, 0.2) is 0 Å². The van der Waals surface area contributed by atoms with E-state index >= 15 is 0 Å². The fourth-order valence-electron chi connectivity index (χ4n) is 1.86. The summed E-state index contributed by atoms with van der Waals surface area (Å²) < 4.78 is 0. The highest BCUT2D eigenvalue weighted by Gasteiger charge is 2.05. The van der Waals surface area contributed by atoms with Crippen LogP contribution in [0.2, 0.25) is 0 Å². The summed E-state index contributed by atoms with van der Waals surface area (Å²) in [5.41, 5.74) is 9.39. The zero-order chi connectivity index (χ0) is 12.1. The number of rotatable bonds is 4. The van der Waals surface area contributed by atoms with Crippen LogP contribution in [0.25, 0.3) is 11.1 Å². The van der Waals surface area contributed by atoms with Crippen LogP contribution in [0.4, 0.5) is 0 Å². The lowest BCUT2D eigenvalue weighted by Gasteiger charge is -2.11. The number of hydrogen-bond acceptors (Lipinski definition) is 2. The molecular formula is C15H17NO. The Labute approximate surface area is 102 Å². The van der Waals surface area contributed by atoms with E-state index in [2.05, 4.69) is 24.3 Å². The van der Waals surface area contributed by atoms with E-state index in [1.165, 1.54) is 11.1 Å². The molecule has 88 valence electrons. The molecule has 2 aromatic rings. The topological polar surface area (TPSA) is 46.2 Å². The van der Waals surface area contributed by atoms with Crippen molar-refractivity contribution in [3.05, 3.63) is 60.2 Å². The van der Waals surface area contributed by atoms with E-state index in [1.807, 2.05) is 30.3 Å². The van der Waals surface area contributed by atoms with Gasteiger partial charge in [-0.15, -0.1) is 0 Å². The zero-order valence-electron chi connectivity index (χ0n) is 9.71. The van der Waals surface area contributed by atoms with Gasteiger partial charge >= 0.3 is 0 Å². The summed E-state index contributed by atoms with van der Waals surface area (Å²) in [6.07, 6.45) is 0.602. The molecule has 3 N–H and O–H groups in total. The maximum absolute atomic E-state index is 8.85. The third-order valence-corrected chi connectivity index (χ3v) is 2.89. The largest absolute Gasteiger partial charge is 0.396 e. The molecule has 0 aliphatic heterocycles. The van der Waals surface area contributed by atoms with Crippen molar-refractivity contribution in [1.82, 2.24) is 0 Å². The molecule has 0 aromatic heterocycles. The Balaban J connectivity index is 2.19. The van der Waals surface area contributed by atoms with Crippen molar-refractivity contribution in [2.75, 3.05) is 6.61 Å². The van der Waals surface area contributed by atoms with Crippen molar-refractivity contribution in [3.63, 3.8) is 0 Å². The molecule has 0 heterocycles. The molecule has 2 aromatic carbocycles. The van der Waals surface area contributed by atoms with Gasteiger partial charge in [-0.2, -0.15) is 0 Å². The lowest BCUT2D eigenvalue weighted by Crippen LogP contribution is -2.11. The Hall–Kier alpha value is -1.64. The standard InChI is InChI=1S/C15H17NO/c16-15(10-11-17)14-8-6-13(7-9-14)12-4-2-1-3-5-12/h1-9,15,17H,10-11,16H2/t15-/m0/s1. The molecule has 0 bridgehead atoms. The van der Waals surface area contributed by atoms with Gasteiger partial charge in [0, 0.05) is 12.6 Å². The van der Waals surface area contributed by atoms with Gasteiger partial charge < -0.3 is 10.8 Å².